The second-order valence-electron chi connectivity index (χ2n) is 5.72. The summed E-state index contributed by atoms with van der Waals surface area (Å²) >= 11 is 0. The number of nitrogens with zero attached hydrogens (tertiary/aromatic N) is 4. The zero-order valence-corrected chi connectivity index (χ0v) is 13.9. The Morgan fingerprint density at radius 3 is 2.67 bits per heavy atom. The van der Waals surface area contributed by atoms with E-state index in [9.17, 15) is 4.79 Å². The minimum atomic E-state index is -0.167. The molecule has 0 spiro atoms. The number of imidazole rings is 1. The van der Waals surface area contributed by atoms with E-state index in [2.05, 4.69) is 15.3 Å². The number of aryl methyl sites for hydroxylation is 1. The molecule has 3 aromatic rings. The van der Waals surface area contributed by atoms with Gasteiger partial charge < -0.3 is 10.2 Å². The van der Waals surface area contributed by atoms with Crippen LogP contribution in [0.2, 0.25) is 0 Å². The van der Waals surface area contributed by atoms with Crippen LogP contribution in [0.25, 0.3) is 5.82 Å². The Kier molecular flexibility index (Phi) is 4.29. The van der Waals surface area contributed by atoms with Crippen LogP contribution in [0.1, 0.15) is 15.9 Å². The van der Waals surface area contributed by atoms with Crippen LogP contribution in [0.5, 0.6) is 0 Å². The van der Waals surface area contributed by atoms with Crippen LogP contribution >= 0.6 is 0 Å². The first-order valence-corrected chi connectivity index (χ1v) is 7.58. The lowest BCUT2D eigenvalue weighted by Crippen LogP contribution is -2.14. The van der Waals surface area contributed by atoms with E-state index in [0.29, 0.717) is 11.4 Å². The monoisotopic (exact) mass is 321 g/mol. The molecule has 0 bridgehead atoms. The van der Waals surface area contributed by atoms with Gasteiger partial charge in [0.15, 0.2) is 0 Å². The van der Waals surface area contributed by atoms with Gasteiger partial charge in [-0.05, 0) is 42.8 Å². The summed E-state index contributed by atoms with van der Waals surface area (Å²) in [6.07, 6.45) is 6.72. The van der Waals surface area contributed by atoms with Crippen LogP contribution in [-0.2, 0) is 0 Å². The number of hydrogen-bond acceptors (Lipinski definition) is 4. The third-order valence-corrected chi connectivity index (χ3v) is 3.75. The predicted octanol–water partition coefficient (Wildman–Crippen LogP) is 2.89. The van der Waals surface area contributed by atoms with Gasteiger partial charge in [0.05, 0.1) is 0 Å². The van der Waals surface area contributed by atoms with Crippen LogP contribution < -0.4 is 10.2 Å². The van der Waals surface area contributed by atoms with E-state index in [1.807, 2.05) is 44.1 Å². The van der Waals surface area contributed by atoms with Crippen molar-refractivity contribution in [1.82, 2.24) is 14.5 Å². The van der Waals surface area contributed by atoms with Crippen molar-refractivity contribution in [3.63, 3.8) is 0 Å². The molecule has 0 unspecified atom stereocenters. The van der Waals surface area contributed by atoms with E-state index < -0.39 is 0 Å². The van der Waals surface area contributed by atoms with Crippen LogP contribution in [-0.4, -0.2) is 34.5 Å². The average Bonchev–Trinajstić information content (AvgIpc) is 3.11. The molecular formula is C18H19N5O. The molecule has 1 aromatic carbocycles. The maximum absolute atomic E-state index is 12.5. The number of rotatable bonds is 4. The highest BCUT2D eigenvalue weighted by atomic mass is 16.1. The summed E-state index contributed by atoms with van der Waals surface area (Å²) in [5, 5.41) is 2.96. The van der Waals surface area contributed by atoms with Gasteiger partial charge in [0.1, 0.15) is 12.1 Å². The smallest absolute Gasteiger partial charge is 0.255 e. The van der Waals surface area contributed by atoms with Crippen molar-refractivity contribution in [3.8, 4) is 5.82 Å². The molecule has 0 aliphatic carbocycles. The normalized spacial score (nSPS) is 10.5. The predicted molar refractivity (Wildman–Crippen MR) is 94.8 cm³/mol. The summed E-state index contributed by atoms with van der Waals surface area (Å²) in [4.78, 5) is 22.8. The Bertz CT molecular complexity index is 856. The van der Waals surface area contributed by atoms with E-state index in [1.165, 1.54) is 0 Å². The number of benzene rings is 1. The molecule has 0 atom stereocenters. The van der Waals surface area contributed by atoms with Crippen molar-refractivity contribution in [3.05, 3.63) is 66.4 Å². The number of hydrogen-bond donors (Lipinski definition) is 1. The Balaban J connectivity index is 1.82. The van der Waals surface area contributed by atoms with Crippen molar-refractivity contribution in [2.45, 2.75) is 6.92 Å². The lowest BCUT2D eigenvalue weighted by molar-refractivity contribution is 0.102. The van der Waals surface area contributed by atoms with Gasteiger partial charge in [0.2, 0.25) is 0 Å². The lowest BCUT2D eigenvalue weighted by Gasteiger charge is -2.15. The van der Waals surface area contributed by atoms with E-state index >= 15 is 0 Å². The van der Waals surface area contributed by atoms with Crippen molar-refractivity contribution >= 4 is 17.3 Å². The average molecular weight is 321 g/mol. The zero-order valence-electron chi connectivity index (χ0n) is 13.9. The fourth-order valence-corrected chi connectivity index (χ4v) is 2.36. The van der Waals surface area contributed by atoms with E-state index in [-0.39, 0.29) is 5.91 Å². The number of amides is 1. The van der Waals surface area contributed by atoms with Gasteiger partial charge in [-0.25, -0.2) is 9.97 Å². The molecule has 0 aliphatic rings. The van der Waals surface area contributed by atoms with Crippen molar-refractivity contribution in [2.75, 3.05) is 24.3 Å². The molecular weight excluding hydrogens is 302 g/mol. The first-order chi connectivity index (χ1) is 11.5. The minimum Gasteiger partial charge on any atom is -0.378 e. The van der Waals surface area contributed by atoms with Gasteiger partial charge in [-0.1, -0.05) is 0 Å². The third kappa shape index (κ3) is 3.27. The molecule has 6 nitrogen and oxygen atoms in total. The second kappa shape index (κ2) is 6.54. The fraction of sp³-hybridized carbons (Fsp3) is 0.167. The zero-order chi connectivity index (χ0) is 17.1. The molecule has 3 rings (SSSR count). The van der Waals surface area contributed by atoms with Gasteiger partial charge >= 0.3 is 0 Å². The summed E-state index contributed by atoms with van der Waals surface area (Å²) in [6, 6.07) is 9.37. The Morgan fingerprint density at radius 2 is 2.00 bits per heavy atom. The largest absolute Gasteiger partial charge is 0.378 e. The molecule has 0 fully saturated rings. The highest BCUT2D eigenvalue weighted by Gasteiger charge is 2.10. The SMILES string of the molecule is Cc1cc(N(C)C)ccc1NC(=O)c1ccnc(-n2ccnc2)c1. The highest BCUT2D eigenvalue weighted by molar-refractivity contribution is 6.04. The molecule has 24 heavy (non-hydrogen) atoms. The van der Waals surface area contributed by atoms with Gasteiger partial charge in [0.25, 0.3) is 5.91 Å². The minimum absolute atomic E-state index is 0.167. The first-order valence-electron chi connectivity index (χ1n) is 7.58. The maximum Gasteiger partial charge on any atom is 0.255 e. The standard InChI is InChI=1S/C18H19N5O/c1-13-10-15(22(2)3)4-5-16(13)21-18(24)14-6-7-20-17(11-14)23-9-8-19-12-23/h4-12H,1-3H3,(H,21,24). The fourth-order valence-electron chi connectivity index (χ4n) is 2.36. The highest BCUT2D eigenvalue weighted by Crippen LogP contribution is 2.22. The van der Waals surface area contributed by atoms with Crippen molar-refractivity contribution in [1.29, 1.82) is 0 Å². The van der Waals surface area contributed by atoms with Gasteiger partial charge in [-0.2, -0.15) is 0 Å². The Morgan fingerprint density at radius 1 is 1.17 bits per heavy atom. The summed E-state index contributed by atoms with van der Waals surface area (Å²) in [5.41, 5.74) is 3.45. The molecule has 2 aromatic heterocycles. The second-order valence-corrected chi connectivity index (χ2v) is 5.72. The number of aromatic nitrogens is 3. The summed E-state index contributed by atoms with van der Waals surface area (Å²) in [7, 11) is 3.98. The molecule has 0 radical (unpaired) electrons. The van der Waals surface area contributed by atoms with Crippen LogP contribution in [0.15, 0.2) is 55.2 Å². The quantitative estimate of drug-likeness (QED) is 0.802. The molecule has 2 heterocycles. The number of anilines is 2. The van der Waals surface area contributed by atoms with Gasteiger partial charge in [-0.15, -0.1) is 0 Å². The molecule has 6 heteroatoms. The van der Waals surface area contributed by atoms with E-state index in [1.54, 1.807) is 41.6 Å². The molecule has 122 valence electrons. The number of pyridine rings is 1. The molecule has 0 aliphatic heterocycles. The van der Waals surface area contributed by atoms with Crippen LogP contribution in [0, 0.1) is 6.92 Å². The molecule has 1 N–H and O–H groups in total. The molecule has 0 saturated heterocycles. The maximum atomic E-state index is 12.5. The summed E-state index contributed by atoms with van der Waals surface area (Å²) < 4.78 is 1.76. The summed E-state index contributed by atoms with van der Waals surface area (Å²) in [5.74, 6) is 0.485. The van der Waals surface area contributed by atoms with Crippen LogP contribution in [0.3, 0.4) is 0 Å². The van der Waals surface area contributed by atoms with Gasteiger partial charge in [0, 0.05) is 49.6 Å². The number of nitrogens with one attached hydrogen (secondary N) is 1. The third-order valence-electron chi connectivity index (χ3n) is 3.75. The first kappa shape index (κ1) is 15.7. The van der Waals surface area contributed by atoms with Crippen LogP contribution in [0.4, 0.5) is 11.4 Å². The van der Waals surface area contributed by atoms with E-state index in [0.717, 1.165) is 16.9 Å². The summed E-state index contributed by atoms with van der Waals surface area (Å²) in [6.45, 7) is 1.98. The van der Waals surface area contributed by atoms with Gasteiger partial charge in [-0.3, -0.25) is 9.36 Å². The number of carbonyl (C=O) groups is 1. The Labute approximate surface area is 140 Å². The molecule has 1 amide bonds. The number of carbonyl (C=O) groups excluding carboxylic acids is 1. The van der Waals surface area contributed by atoms with Crippen molar-refractivity contribution < 1.29 is 4.79 Å². The van der Waals surface area contributed by atoms with Crippen molar-refractivity contribution in [2.24, 2.45) is 0 Å². The topological polar surface area (TPSA) is 63.1 Å². The lowest BCUT2D eigenvalue weighted by atomic mass is 10.1. The molecule has 0 saturated carbocycles. The Hall–Kier alpha value is -3.15. The van der Waals surface area contributed by atoms with E-state index in [4.69, 9.17) is 0 Å².